The molecule has 0 radical (unpaired) electrons. The van der Waals surface area contributed by atoms with Crippen molar-refractivity contribution in [2.75, 3.05) is 12.4 Å². The summed E-state index contributed by atoms with van der Waals surface area (Å²) < 4.78 is 7.03. The fraction of sp³-hybridized carbons (Fsp3) is 0.292. The Balaban J connectivity index is 1.66. The van der Waals surface area contributed by atoms with Crippen LogP contribution in [0.2, 0.25) is 0 Å². The molecule has 0 bridgehead atoms. The van der Waals surface area contributed by atoms with Gasteiger partial charge in [-0.1, -0.05) is 26.0 Å². The second kappa shape index (κ2) is 7.54. The molecule has 9 heteroatoms. The van der Waals surface area contributed by atoms with Gasteiger partial charge in [-0.3, -0.25) is 14.9 Å². The molecular weight excluding hydrogens is 422 g/mol. The lowest BCUT2D eigenvalue weighted by molar-refractivity contribution is -0.384. The zero-order valence-electron chi connectivity index (χ0n) is 18.5. The highest BCUT2D eigenvalue weighted by atomic mass is 16.6. The highest BCUT2D eigenvalue weighted by Gasteiger charge is 2.42. The van der Waals surface area contributed by atoms with Gasteiger partial charge >= 0.3 is 0 Å². The number of ether oxygens (including phenoxy) is 1. The zero-order valence-corrected chi connectivity index (χ0v) is 18.5. The Kier molecular flexibility index (Phi) is 4.77. The summed E-state index contributed by atoms with van der Waals surface area (Å²) >= 11 is 0. The Hall–Kier alpha value is -4.01. The van der Waals surface area contributed by atoms with Crippen LogP contribution in [0.4, 0.5) is 11.6 Å². The number of ketones is 1. The zero-order chi connectivity index (χ0) is 23.3. The number of carbonyl (C=O) groups is 1. The number of Topliss-reactive ketones (excluding diaryl/α,β-unsaturated/α-hetero) is 1. The minimum absolute atomic E-state index is 0.00567. The van der Waals surface area contributed by atoms with Gasteiger partial charge in [0, 0.05) is 35.4 Å². The molecule has 9 nitrogen and oxygen atoms in total. The number of allylic oxidation sites excluding steroid dienone is 2. The second-order valence-electron chi connectivity index (χ2n) is 9.14. The van der Waals surface area contributed by atoms with Crippen LogP contribution in [0, 0.1) is 15.5 Å². The quantitative estimate of drug-likeness (QED) is 0.464. The van der Waals surface area contributed by atoms with Gasteiger partial charge in [0.2, 0.25) is 5.95 Å². The summed E-state index contributed by atoms with van der Waals surface area (Å²) in [4.78, 5) is 28.7. The Bertz CT molecular complexity index is 1310. The maximum atomic E-state index is 13.3. The van der Waals surface area contributed by atoms with Crippen molar-refractivity contribution in [3.8, 4) is 17.1 Å². The van der Waals surface area contributed by atoms with Crippen LogP contribution < -0.4 is 10.1 Å². The normalized spacial score (nSPS) is 18.9. The molecule has 1 atom stereocenters. The number of nitrogens with one attached hydrogen (secondary N) is 1. The van der Waals surface area contributed by atoms with E-state index in [1.54, 1.807) is 23.9 Å². The van der Waals surface area contributed by atoms with Crippen molar-refractivity contribution in [1.29, 1.82) is 0 Å². The van der Waals surface area contributed by atoms with Crippen molar-refractivity contribution < 1.29 is 14.5 Å². The summed E-state index contributed by atoms with van der Waals surface area (Å²) in [6.45, 7) is 4.14. The first-order chi connectivity index (χ1) is 15.8. The van der Waals surface area contributed by atoms with Crippen molar-refractivity contribution >= 4 is 17.4 Å². The first-order valence-electron chi connectivity index (χ1n) is 10.6. The third-order valence-electron chi connectivity index (χ3n) is 6.08. The summed E-state index contributed by atoms with van der Waals surface area (Å²) in [5.74, 6) is 1.76. The third-order valence-corrected chi connectivity index (χ3v) is 6.08. The molecule has 1 aliphatic heterocycles. The Morgan fingerprint density at radius 2 is 1.94 bits per heavy atom. The van der Waals surface area contributed by atoms with Crippen molar-refractivity contribution in [3.63, 3.8) is 0 Å². The van der Waals surface area contributed by atoms with Crippen LogP contribution in [0.3, 0.4) is 0 Å². The number of hydrogen-bond donors (Lipinski definition) is 1. The summed E-state index contributed by atoms with van der Waals surface area (Å²) in [6.07, 6.45) is 1.11. The first kappa shape index (κ1) is 20.9. The van der Waals surface area contributed by atoms with E-state index in [1.165, 1.54) is 12.1 Å². The van der Waals surface area contributed by atoms with Gasteiger partial charge in [-0.05, 0) is 41.7 Å². The SMILES string of the molecule is COc1cccc(-c2nc3n(n2)C(c2ccc([N+](=O)[O-])cc2)C2=C(CC(C)(C)CC2=O)N3)c1. The standard InChI is InChI=1S/C24H23N5O4/c1-24(2)12-18-20(19(30)13-24)21(14-7-9-16(10-8-14)29(31)32)28-23(25-18)26-22(27-28)15-5-4-6-17(11-15)33-3/h4-11,21H,12-13H2,1-3H3,(H,25,26,27). The third kappa shape index (κ3) is 3.65. The highest BCUT2D eigenvalue weighted by Crippen LogP contribution is 2.45. The summed E-state index contributed by atoms with van der Waals surface area (Å²) in [5, 5.41) is 19.2. The molecule has 2 aromatic carbocycles. The summed E-state index contributed by atoms with van der Waals surface area (Å²) in [7, 11) is 1.60. The predicted octanol–water partition coefficient (Wildman–Crippen LogP) is 4.52. The van der Waals surface area contributed by atoms with Crippen molar-refractivity contribution in [2.24, 2.45) is 5.41 Å². The Morgan fingerprint density at radius 3 is 2.64 bits per heavy atom. The molecule has 2 heterocycles. The van der Waals surface area contributed by atoms with Crippen LogP contribution in [0.1, 0.15) is 38.3 Å². The molecule has 33 heavy (non-hydrogen) atoms. The van der Waals surface area contributed by atoms with Gasteiger partial charge in [-0.15, -0.1) is 5.10 Å². The molecule has 3 aromatic rings. The molecular formula is C24H23N5O4. The van der Waals surface area contributed by atoms with Gasteiger partial charge in [0.1, 0.15) is 11.8 Å². The van der Waals surface area contributed by atoms with E-state index in [0.29, 0.717) is 35.9 Å². The number of nitro groups is 1. The molecule has 0 spiro atoms. The minimum atomic E-state index is -0.521. The molecule has 0 fully saturated rings. The molecule has 0 saturated heterocycles. The van der Waals surface area contributed by atoms with Gasteiger partial charge in [0.05, 0.1) is 12.0 Å². The number of aromatic nitrogens is 3. The van der Waals surface area contributed by atoms with Crippen LogP contribution in [0.15, 0.2) is 59.8 Å². The number of non-ortho nitro benzene ring substituents is 1. The molecule has 1 aliphatic carbocycles. The number of nitrogens with zero attached hydrogens (tertiary/aromatic N) is 4. The largest absolute Gasteiger partial charge is 0.497 e. The van der Waals surface area contributed by atoms with E-state index in [-0.39, 0.29) is 16.9 Å². The number of rotatable bonds is 4. The molecule has 1 N–H and O–H groups in total. The van der Waals surface area contributed by atoms with Crippen molar-refractivity contribution in [2.45, 2.75) is 32.7 Å². The van der Waals surface area contributed by atoms with Gasteiger partial charge in [-0.2, -0.15) is 4.98 Å². The van der Waals surface area contributed by atoms with E-state index in [9.17, 15) is 14.9 Å². The number of carbonyl (C=O) groups excluding carboxylic acids is 1. The number of anilines is 1. The van der Waals surface area contributed by atoms with E-state index in [4.69, 9.17) is 14.8 Å². The van der Waals surface area contributed by atoms with Crippen molar-refractivity contribution in [1.82, 2.24) is 14.8 Å². The first-order valence-corrected chi connectivity index (χ1v) is 10.6. The monoisotopic (exact) mass is 445 g/mol. The van der Waals surface area contributed by atoms with Crippen LogP contribution in [-0.2, 0) is 4.79 Å². The number of hydrogen-bond acceptors (Lipinski definition) is 7. The maximum absolute atomic E-state index is 13.3. The van der Waals surface area contributed by atoms with Crippen LogP contribution in [-0.4, -0.2) is 32.6 Å². The molecule has 1 aromatic heterocycles. The summed E-state index contributed by atoms with van der Waals surface area (Å²) in [5.41, 5.74) is 2.81. The van der Waals surface area contributed by atoms with Gasteiger partial charge in [0.15, 0.2) is 11.6 Å². The van der Waals surface area contributed by atoms with Crippen LogP contribution >= 0.6 is 0 Å². The van der Waals surface area contributed by atoms with E-state index >= 15 is 0 Å². The smallest absolute Gasteiger partial charge is 0.269 e. The van der Waals surface area contributed by atoms with E-state index in [2.05, 4.69) is 19.2 Å². The van der Waals surface area contributed by atoms with Crippen molar-refractivity contribution in [3.05, 3.63) is 75.5 Å². The minimum Gasteiger partial charge on any atom is -0.497 e. The Morgan fingerprint density at radius 1 is 1.18 bits per heavy atom. The van der Waals surface area contributed by atoms with Gasteiger partial charge in [0.25, 0.3) is 5.69 Å². The second-order valence-corrected chi connectivity index (χ2v) is 9.14. The number of benzene rings is 2. The number of fused-ring (bicyclic) bond motifs is 1. The van der Waals surface area contributed by atoms with Gasteiger partial charge in [-0.25, -0.2) is 4.68 Å². The van der Waals surface area contributed by atoms with Crippen LogP contribution in [0.5, 0.6) is 5.75 Å². The lowest BCUT2D eigenvalue weighted by Crippen LogP contribution is -2.36. The molecule has 0 saturated carbocycles. The molecule has 2 aliphatic rings. The van der Waals surface area contributed by atoms with Gasteiger partial charge < -0.3 is 10.1 Å². The average molecular weight is 445 g/mol. The summed E-state index contributed by atoms with van der Waals surface area (Å²) in [6, 6.07) is 13.2. The number of nitro benzene ring substituents is 1. The number of methoxy groups -OCH3 is 1. The fourth-order valence-electron chi connectivity index (χ4n) is 4.58. The molecule has 0 amide bonds. The van der Waals surface area contributed by atoms with Crippen LogP contribution in [0.25, 0.3) is 11.4 Å². The fourth-order valence-corrected chi connectivity index (χ4v) is 4.58. The average Bonchev–Trinajstić information content (AvgIpc) is 3.20. The van der Waals surface area contributed by atoms with E-state index in [0.717, 1.165) is 16.8 Å². The molecule has 5 rings (SSSR count). The molecule has 1 unspecified atom stereocenters. The van der Waals surface area contributed by atoms with E-state index < -0.39 is 11.0 Å². The highest BCUT2D eigenvalue weighted by molar-refractivity contribution is 6.00. The van der Waals surface area contributed by atoms with E-state index in [1.807, 2.05) is 24.3 Å². The Labute approximate surface area is 190 Å². The lowest BCUT2D eigenvalue weighted by Gasteiger charge is -2.38. The predicted molar refractivity (Wildman–Crippen MR) is 122 cm³/mol. The lowest BCUT2D eigenvalue weighted by atomic mass is 9.73. The topological polar surface area (TPSA) is 112 Å². The molecule has 168 valence electrons. The maximum Gasteiger partial charge on any atom is 0.269 e.